The van der Waals surface area contributed by atoms with Gasteiger partial charge in [0.1, 0.15) is 0 Å². The third-order valence-corrected chi connectivity index (χ3v) is 1.35. The van der Waals surface area contributed by atoms with Crippen LogP contribution in [0.3, 0.4) is 0 Å². The number of carbonyl (C=O) groups is 2. The van der Waals surface area contributed by atoms with Gasteiger partial charge < -0.3 is 5.11 Å². The largest absolute Gasteiger partial charge is 0.478 e. The summed E-state index contributed by atoms with van der Waals surface area (Å²) in [7, 11) is 0. The van der Waals surface area contributed by atoms with Crippen LogP contribution in [0.2, 0.25) is 0 Å². The molecule has 0 radical (unpaired) electrons. The van der Waals surface area contributed by atoms with Crippen LogP contribution in [0.15, 0.2) is 43.0 Å². The number of Topliss-reactive ketones (excluding diaryl/α,β-unsaturated/α-hetero) is 1. The molecule has 0 aromatic heterocycles. The fraction of sp³-hybridized carbons (Fsp3) is 0.0909. The van der Waals surface area contributed by atoms with E-state index in [1.807, 2.05) is 30.3 Å². The molecule has 1 rings (SSSR count). The summed E-state index contributed by atoms with van der Waals surface area (Å²) in [6, 6.07) is 9.23. The van der Waals surface area contributed by atoms with Crippen LogP contribution < -0.4 is 0 Å². The van der Waals surface area contributed by atoms with Crippen LogP contribution in [0.1, 0.15) is 17.3 Å². The summed E-state index contributed by atoms with van der Waals surface area (Å²) in [4.78, 5) is 19.9. The number of carboxylic acids is 1. The molecule has 1 N–H and O–H groups in total. The standard InChI is InChI=1S/C8H8O.C3H4O2/c1-7(9)8-5-3-2-4-6-8;1-2-3(4)5/h2-6H,1H3;2H,1H2,(H,4,5). The van der Waals surface area contributed by atoms with Gasteiger partial charge in [-0.2, -0.15) is 0 Å². The van der Waals surface area contributed by atoms with Crippen LogP contribution in [0.25, 0.3) is 0 Å². The molecule has 0 unspecified atom stereocenters. The zero-order valence-corrected chi connectivity index (χ0v) is 7.93. The van der Waals surface area contributed by atoms with Gasteiger partial charge >= 0.3 is 5.97 Å². The lowest BCUT2D eigenvalue weighted by Crippen LogP contribution is -1.88. The van der Waals surface area contributed by atoms with Gasteiger partial charge in [0.2, 0.25) is 0 Å². The van der Waals surface area contributed by atoms with E-state index in [1.165, 1.54) is 0 Å². The van der Waals surface area contributed by atoms with E-state index in [2.05, 4.69) is 6.58 Å². The van der Waals surface area contributed by atoms with Crippen molar-refractivity contribution in [2.45, 2.75) is 6.92 Å². The Bertz CT molecular complexity index is 315. The lowest BCUT2D eigenvalue weighted by atomic mass is 10.2. The Morgan fingerprint density at radius 1 is 1.29 bits per heavy atom. The molecule has 0 saturated heterocycles. The Balaban J connectivity index is 0.000000292. The highest BCUT2D eigenvalue weighted by atomic mass is 16.4. The molecule has 0 amide bonds. The molecule has 0 spiro atoms. The molecule has 1 aromatic carbocycles. The van der Waals surface area contributed by atoms with Crippen LogP contribution >= 0.6 is 0 Å². The molecule has 0 bridgehead atoms. The highest BCUT2D eigenvalue weighted by Gasteiger charge is 1.92. The van der Waals surface area contributed by atoms with Gasteiger partial charge in [-0.05, 0) is 6.92 Å². The SMILES string of the molecule is C=CC(=O)O.CC(=O)c1ccccc1. The summed E-state index contributed by atoms with van der Waals surface area (Å²) in [5, 5.41) is 7.60. The number of ketones is 1. The molecule has 14 heavy (non-hydrogen) atoms. The van der Waals surface area contributed by atoms with Crippen molar-refractivity contribution in [1.29, 1.82) is 0 Å². The second kappa shape index (κ2) is 6.60. The zero-order valence-electron chi connectivity index (χ0n) is 7.93. The maximum absolute atomic E-state index is 10.6. The van der Waals surface area contributed by atoms with Crippen LogP contribution in [-0.4, -0.2) is 16.9 Å². The van der Waals surface area contributed by atoms with E-state index in [4.69, 9.17) is 5.11 Å². The predicted molar refractivity (Wildman–Crippen MR) is 54.3 cm³/mol. The van der Waals surface area contributed by atoms with Crippen LogP contribution in [0.5, 0.6) is 0 Å². The van der Waals surface area contributed by atoms with Gasteiger partial charge in [-0.1, -0.05) is 36.9 Å². The lowest BCUT2D eigenvalue weighted by molar-refractivity contribution is -0.131. The molecular formula is C11H12O3. The van der Waals surface area contributed by atoms with Crippen LogP contribution in [0, 0.1) is 0 Å². The third kappa shape index (κ3) is 5.71. The van der Waals surface area contributed by atoms with Crippen molar-refractivity contribution < 1.29 is 14.7 Å². The van der Waals surface area contributed by atoms with Gasteiger partial charge in [0.15, 0.2) is 5.78 Å². The smallest absolute Gasteiger partial charge is 0.327 e. The normalized spacial score (nSPS) is 8.07. The maximum atomic E-state index is 10.6. The minimum absolute atomic E-state index is 0.121. The molecule has 0 aliphatic heterocycles. The number of carboxylic acid groups (broad SMARTS) is 1. The van der Waals surface area contributed by atoms with Gasteiger partial charge in [0, 0.05) is 11.6 Å². The first-order chi connectivity index (χ1) is 6.57. The van der Waals surface area contributed by atoms with E-state index in [0.717, 1.165) is 11.6 Å². The van der Waals surface area contributed by atoms with Gasteiger partial charge in [-0.3, -0.25) is 4.79 Å². The first-order valence-corrected chi connectivity index (χ1v) is 3.99. The Hall–Kier alpha value is -1.90. The van der Waals surface area contributed by atoms with Crippen molar-refractivity contribution in [3.63, 3.8) is 0 Å². The van der Waals surface area contributed by atoms with Crippen molar-refractivity contribution >= 4 is 11.8 Å². The van der Waals surface area contributed by atoms with Crippen molar-refractivity contribution in [1.82, 2.24) is 0 Å². The molecule has 0 aliphatic carbocycles. The fourth-order valence-corrected chi connectivity index (χ4v) is 0.673. The molecule has 3 heteroatoms. The Morgan fingerprint density at radius 3 is 1.93 bits per heavy atom. The van der Waals surface area contributed by atoms with E-state index in [1.54, 1.807) is 6.92 Å². The number of rotatable bonds is 2. The first-order valence-electron chi connectivity index (χ1n) is 3.99. The quantitative estimate of drug-likeness (QED) is 0.577. The lowest BCUT2D eigenvalue weighted by Gasteiger charge is -1.89. The molecule has 0 aliphatic rings. The van der Waals surface area contributed by atoms with Gasteiger partial charge in [0.05, 0.1) is 0 Å². The summed E-state index contributed by atoms with van der Waals surface area (Å²) in [5.41, 5.74) is 0.775. The first kappa shape index (κ1) is 12.1. The summed E-state index contributed by atoms with van der Waals surface area (Å²) in [6.45, 7) is 4.53. The summed E-state index contributed by atoms with van der Waals surface area (Å²) < 4.78 is 0. The second-order valence-corrected chi connectivity index (χ2v) is 2.46. The minimum Gasteiger partial charge on any atom is -0.478 e. The maximum Gasteiger partial charge on any atom is 0.327 e. The van der Waals surface area contributed by atoms with E-state index in [9.17, 15) is 9.59 Å². The number of hydrogen-bond acceptors (Lipinski definition) is 2. The van der Waals surface area contributed by atoms with E-state index < -0.39 is 5.97 Å². The average molecular weight is 192 g/mol. The highest BCUT2D eigenvalue weighted by Crippen LogP contribution is 1.97. The van der Waals surface area contributed by atoms with Gasteiger partial charge in [-0.25, -0.2) is 4.79 Å². The molecule has 1 aromatic rings. The zero-order chi connectivity index (χ0) is 11.0. The Kier molecular flexibility index (Phi) is 5.70. The number of hydrogen-bond donors (Lipinski definition) is 1. The molecule has 74 valence electrons. The summed E-state index contributed by atoms with van der Waals surface area (Å²) >= 11 is 0. The number of benzene rings is 1. The van der Waals surface area contributed by atoms with Crippen molar-refractivity contribution in [3.8, 4) is 0 Å². The molecule has 0 saturated carbocycles. The van der Waals surface area contributed by atoms with E-state index >= 15 is 0 Å². The molecule has 0 heterocycles. The van der Waals surface area contributed by atoms with Crippen LogP contribution in [-0.2, 0) is 4.79 Å². The molecular weight excluding hydrogens is 180 g/mol. The Labute approximate surface area is 82.7 Å². The van der Waals surface area contributed by atoms with Crippen molar-refractivity contribution in [2.24, 2.45) is 0 Å². The molecule has 3 nitrogen and oxygen atoms in total. The second-order valence-electron chi connectivity index (χ2n) is 2.46. The highest BCUT2D eigenvalue weighted by molar-refractivity contribution is 5.93. The average Bonchev–Trinajstić information content (AvgIpc) is 2.20. The molecule has 0 atom stereocenters. The Morgan fingerprint density at radius 2 is 1.71 bits per heavy atom. The topological polar surface area (TPSA) is 54.4 Å². The number of aliphatic carboxylic acids is 1. The van der Waals surface area contributed by atoms with Gasteiger partial charge in [0.25, 0.3) is 0 Å². The molecule has 0 fully saturated rings. The minimum atomic E-state index is -0.981. The number of carbonyl (C=O) groups excluding carboxylic acids is 1. The summed E-state index contributed by atoms with van der Waals surface area (Å²) in [6.07, 6.45) is 0.833. The summed E-state index contributed by atoms with van der Waals surface area (Å²) in [5.74, 6) is -0.861. The van der Waals surface area contributed by atoms with E-state index in [-0.39, 0.29) is 5.78 Å². The third-order valence-electron chi connectivity index (χ3n) is 1.35. The van der Waals surface area contributed by atoms with Crippen molar-refractivity contribution in [3.05, 3.63) is 48.6 Å². The fourth-order valence-electron chi connectivity index (χ4n) is 0.673. The van der Waals surface area contributed by atoms with Crippen LogP contribution in [0.4, 0.5) is 0 Å². The monoisotopic (exact) mass is 192 g/mol. The predicted octanol–water partition coefficient (Wildman–Crippen LogP) is 2.15. The van der Waals surface area contributed by atoms with Crippen molar-refractivity contribution in [2.75, 3.05) is 0 Å². The van der Waals surface area contributed by atoms with Gasteiger partial charge in [-0.15, -0.1) is 0 Å². The van der Waals surface area contributed by atoms with E-state index in [0.29, 0.717) is 0 Å².